The van der Waals surface area contributed by atoms with Crippen LogP contribution < -0.4 is 4.74 Å². The monoisotopic (exact) mass is 452 g/mol. The summed E-state index contributed by atoms with van der Waals surface area (Å²) in [6.45, 7) is 0.402. The molecule has 0 atom stereocenters. The van der Waals surface area contributed by atoms with E-state index < -0.39 is 0 Å². The number of rotatable bonds is 3. The molecule has 0 radical (unpaired) electrons. The third kappa shape index (κ3) is 2.34. The summed E-state index contributed by atoms with van der Waals surface area (Å²) in [4.78, 5) is 17.6. The molecule has 4 nitrogen and oxygen atoms in total. The maximum atomic E-state index is 12.9. The van der Waals surface area contributed by atoms with Crippen molar-refractivity contribution in [1.82, 2.24) is 9.55 Å². The van der Waals surface area contributed by atoms with Crippen LogP contribution in [0.4, 0.5) is 0 Å². The average Bonchev–Trinajstić information content (AvgIpc) is 3.24. The topological polar surface area (TPSA) is 44.1 Å². The molecule has 1 aliphatic rings. The molecule has 126 valence electrons. The summed E-state index contributed by atoms with van der Waals surface area (Å²) < 4.78 is 8.99. The first-order valence-electron chi connectivity index (χ1n) is 8.25. The number of hydrogen-bond acceptors (Lipinski definition) is 3. The predicted molar refractivity (Wildman–Crippen MR) is 108 cm³/mol. The number of carbonyl (C=O) groups is 1. The van der Waals surface area contributed by atoms with Gasteiger partial charge in [0.15, 0.2) is 0 Å². The number of ether oxygens (including phenoxy) is 1. The molecule has 5 rings (SSSR count). The predicted octanol–water partition coefficient (Wildman–Crippen LogP) is 4.89. The van der Waals surface area contributed by atoms with E-state index in [0.29, 0.717) is 23.6 Å². The zero-order chi connectivity index (χ0) is 17.7. The van der Waals surface area contributed by atoms with E-state index in [9.17, 15) is 4.79 Å². The van der Waals surface area contributed by atoms with Crippen LogP contribution in [0.1, 0.15) is 15.9 Å². The number of benzene rings is 2. The van der Waals surface area contributed by atoms with Gasteiger partial charge in [-0.2, -0.15) is 0 Å². The Morgan fingerprint density at radius 3 is 2.65 bits per heavy atom. The van der Waals surface area contributed by atoms with Gasteiger partial charge in [0.05, 0.1) is 11.2 Å². The van der Waals surface area contributed by atoms with Gasteiger partial charge in [0.2, 0.25) is 0 Å². The molecule has 0 aliphatic carbocycles. The zero-order valence-electron chi connectivity index (χ0n) is 13.6. The van der Waals surface area contributed by atoms with Gasteiger partial charge in [-0.05, 0) is 64.6 Å². The summed E-state index contributed by atoms with van der Waals surface area (Å²) in [6.07, 6.45) is 1.77. The van der Waals surface area contributed by atoms with E-state index in [2.05, 4.69) is 22.6 Å². The molecular formula is C21H13IN2O2. The van der Waals surface area contributed by atoms with Crippen LogP contribution in [0.5, 0.6) is 5.75 Å². The van der Waals surface area contributed by atoms with Gasteiger partial charge in [-0.15, -0.1) is 0 Å². The molecule has 0 N–H and O–H groups in total. The molecule has 0 unspecified atom stereocenters. The van der Waals surface area contributed by atoms with Gasteiger partial charge in [0.1, 0.15) is 23.6 Å². The van der Waals surface area contributed by atoms with E-state index in [1.54, 1.807) is 10.8 Å². The maximum Gasteiger partial charge on any atom is 0.268 e. The quantitative estimate of drug-likeness (QED) is 0.367. The van der Waals surface area contributed by atoms with Gasteiger partial charge in [-0.3, -0.25) is 9.36 Å². The second-order valence-electron chi connectivity index (χ2n) is 6.17. The lowest BCUT2D eigenvalue weighted by Gasteiger charge is -2.13. The Labute approximate surface area is 163 Å². The van der Waals surface area contributed by atoms with Gasteiger partial charge >= 0.3 is 0 Å². The highest BCUT2D eigenvalue weighted by Crippen LogP contribution is 2.40. The van der Waals surface area contributed by atoms with Crippen LogP contribution >= 0.6 is 22.6 Å². The Kier molecular flexibility index (Phi) is 3.56. The van der Waals surface area contributed by atoms with Crippen LogP contribution in [-0.4, -0.2) is 15.5 Å². The van der Waals surface area contributed by atoms with Crippen molar-refractivity contribution in [2.24, 2.45) is 0 Å². The Morgan fingerprint density at radius 2 is 1.81 bits per heavy atom. The van der Waals surface area contributed by atoms with E-state index in [1.807, 2.05) is 60.7 Å². The van der Waals surface area contributed by atoms with Crippen LogP contribution in [0.15, 0.2) is 66.9 Å². The number of carbonyl (C=O) groups excluding carboxylic acids is 1. The van der Waals surface area contributed by atoms with Crippen molar-refractivity contribution in [2.75, 3.05) is 0 Å². The van der Waals surface area contributed by atoms with Gasteiger partial charge in [-0.25, -0.2) is 4.98 Å². The summed E-state index contributed by atoms with van der Waals surface area (Å²) in [5.74, 6) is 0.522. The summed E-state index contributed by atoms with van der Waals surface area (Å²) in [6, 6.07) is 19.7. The molecule has 2 aromatic heterocycles. The minimum atomic E-state index is -0.0872. The molecule has 1 aliphatic heterocycles. The normalized spacial score (nSPS) is 12.3. The fourth-order valence-electron chi connectivity index (χ4n) is 3.32. The molecule has 0 bridgehead atoms. The van der Waals surface area contributed by atoms with E-state index in [-0.39, 0.29) is 5.91 Å². The maximum absolute atomic E-state index is 12.9. The second kappa shape index (κ2) is 5.95. The number of halogens is 1. The summed E-state index contributed by atoms with van der Waals surface area (Å²) in [7, 11) is 0. The van der Waals surface area contributed by atoms with Crippen LogP contribution in [0.25, 0.3) is 22.3 Å². The van der Waals surface area contributed by atoms with Crippen molar-refractivity contribution < 1.29 is 9.53 Å². The van der Waals surface area contributed by atoms with Crippen molar-refractivity contribution in [3.63, 3.8) is 0 Å². The van der Waals surface area contributed by atoms with Gasteiger partial charge in [-0.1, -0.05) is 24.3 Å². The number of aromatic nitrogens is 2. The molecule has 5 heteroatoms. The first-order valence-corrected chi connectivity index (χ1v) is 9.32. The Hall–Kier alpha value is -2.67. The Balaban J connectivity index is 1.66. The first kappa shape index (κ1) is 15.6. The van der Waals surface area contributed by atoms with Gasteiger partial charge in [0, 0.05) is 15.2 Å². The van der Waals surface area contributed by atoms with Crippen molar-refractivity contribution in [3.05, 3.63) is 81.6 Å². The molecular weight excluding hydrogens is 439 g/mol. The zero-order valence-corrected chi connectivity index (χ0v) is 15.8. The van der Waals surface area contributed by atoms with Crippen molar-refractivity contribution >= 4 is 39.4 Å². The Bertz CT molecular complexity index is 1160. The number of nitrogens with zero attached hydrogens (tertiary/aromatic N) is 2. The molecule has 2 aromatic carbocycles. The van der Waals surface area contributed by atoms with Crippen molar-refractivity contribution in [2.45, 2.75) is 6.61 Å². The van der Waals surface area contributed by atoms with Crippen LogP contribution in [-0.2, 0) is 6.61 Å². The number of para-hydroxylation sites is 1. The lowest BCUT2D eigenvalue weighted by Crippen LogP contribution is -2.08. The molecule has 26 heavy (non-hydrogen) atoms. The largest absolute Gasteiger partial charge is 0.487 e. The second-order valence-corrected chi connectivity index (χ2v) is 7.41. The fourth-order valence-corrected chi connectivity index (χ4v) is 3.68. The third-order valence-electron chi connectivity index (χ3n) is 4.57. The SMILES string of the molecule is O=C1c2c(nc3ccccc3c2OCc2ccc(I)cc2)-c2cccn21. The lowest BCUT2D eigenvalue weighted by atomic mass is 10.1. The van der Waals surface area contributed by atoms with E-state index in [1.165, 1.54) is 3.57 Å². The van der Waals surface area contributed by atoms with Crippen LogP contribution in [0.2, 0.25) is 0 Å². The molecule has 3 heterocycles. The van der Waals surface area contributed by atoms with Gasteiger partial charge in [0.25, 0.3) is 5.91 Å². The minimum absolute atomic E-state index is 0.0872. The highest BCUT2D eigenvalue weighted by atomic mass is 127. The molecule has 0 saturated heterocycles. The van der Waals surface area contributed by atoms with Crippen LogP contribution in [0.3, 0.4) is 0 Å². The smallest absolute Gasteiger partial charge is 0.268 e. The fraction of sp³-hybridized carbons (Fsp3) is 0.0476. The first-order chi connectivity index (χ1) is 12.7. The van der Waals surface area contributed by atoms with Crippen molar-refractivity contribution in [3.8, 4) is 17.1 Å². The van der Waals surface area contributed by atoms with Crippen molar-refractivity contribution in [1.29, 1.82) is 0 Å². The summed E-state index contributed by atoms with van der Waals surface area (Å²) in [5, 5.41) is 0.857. The molecule has 0 spiro atoms. The Morgan fingerprint density at radius 1 is 1.00 bits per heavy atom. The van der Waals surface area contributed by atoms with E-state index in [4.69, 9.17) is 9.72 Å². The molecule has 0 saturated carbocycles. The van der Waals surface area contributed by atoms with Crippen LogP contribution in [0, 0.1) is 3.57 Å². The number of pyridine rings is 1. The standard InChI is InChI=1S/C21H13IN2O2/c22-14-9-7-13(8-10-14)12-26-20-15-4-1-2-5-16(15)23-19-17-6-3-11-24(17)21(25)18(19)20/h1-11H,12H2. The third-order valence-corrected chi connectivity index (χ3v) is 5.28. The van der Waals surface area contributed by atoms with Gasteiger partial charge < -0.3 is 4.74 Å². The minimum Gasteiger partial charge on any atom is -0.487 e. The molecule has 0 fully saturated rings. The van der Waals surface area contributed by atoms with E-state index >= 15 is 0 Å². The highest BCUT2D eigenvalue weighted by molar-refractivity contribution is 14.1. The lowest BCUT2D eigenvalue weighted by molar-refractivity contribution is 0.0965. The molecule has 4 aromatic rings. The summed E-state index contributed by atoms with van der Waals surface area (Å²) >= 11 is 2.28. The highest BCUT2D eigenvalue weighted by Gasteiger charge is 2.32. The summed E-state index contributed by atoms with van der Waals surface area (Å²) in [5.41, 5.74) is 3.94. The molecule has 0 amide bonds. The number of hydrogen-bond donors (Lipinski definition) is 0. The average molecular weight is 452 g/mol. The number of fused-ring (bicyclic) bond motifs is 4. The van der Waals surface area contributed by atoms with E-state index in [0.717, 1.165) is 22.2 Å².